The van der Waals surface area contributed by atoms with Gasteiger partial charge in [0.15, 0.2) is 0 Å². The van der Waals surface area contributed by atoms with Crippen LogP contribution in [0.1, 0.15) is 27.8 Å². The molecule has 2 aromatic heterocycles. The summed E-state index contributed by atoms with van der Waals surface area (Å²) in [6.45, 7) is 3.58. The molecule has 3 heterocycles. The van der Waals surface area contributed by atoms with Gasteiger partial charge >= 0.3 is 0 Å². The molecule has 0 bridgehead atoms. The third-order valence-corrected chi connectivity index (χ3v) is 4.35. The summed E-state index contributed by atoms with van der Waals surface area (Å²) in [5.41, 5.74) is 3.55. The van der Waals surface area contributed by atoms with Crippen LogP contribution in [-0.2, 0) is 4.74 Å². The summed E-state index contributed by atoms with van der Waals surface area (Å²) < 4.78 is 5.58. The van der Waals surface area contributed by atoms with Crippen molar-refractivity contribution in [3.63, 3.8) is 0 Å². The van der Waals surface area contributed by atoms with E-state index in [1.807, 2.05) is 42.2 Å². The fourth-order valence-electron chi connectivity index (χ4n) is 3.12. The van der Waals surface area contributed by atoms with Gasteiger partial charge in [0, 0.05) is 17.4 Å². The smallest absolute Gasteiger partial charge is 0.271 e. The summed E-state index contributed by atoms with van der Waals surface area (Å²) >= 11 is 0. The van der Waals surface area contributed by atoms with Crippen LogP contribution in [0.25, 0.3) is 10.9 Å². The number of aromatic nitrogens is 3. The van der Waals surface area contributed by atoms with E-state index in [4.69, 9.17) is 4.74 Å². The topological polar surface area (TPSA) is 74.0 Å². The standard InChI is InChI=1S/C17H18N4O2/c1-11-9-18-20-16(11)15-10-23-7-6-21(15)17(22)14-8-12-4-2-3-5-13(12)19-14/h2-5,8-9,15,19H,6-7,10H2,1H3,(H,18,20)/t15-/m1/s1. The number of fused-ring (bicyclic) bond motifs is 1. The van der Waals surface area contributed by atoms with Gasteiger partial charge in [0.25, 0.3) is 5.91 Å². The predicted molar refractivity (Wildman–Crippen MR) is 86.2 cm³/mol. The van der Waals surface area contributed by atoms with Crippen molar-refractivity contribution >= 4 is 16.8 Å². The number of H-pyrrole nitrogens is 2. The van der Waals surface area contributed by atoms with E-state index < -0.39 is 0 Å². The van der Waals surface area contributed by atoms with E-state index in [0.717, 1.165) is 22.2 Å². The number of aromatic amines is 2. The minimum atomic E-state index is -0.134. The molecule has 1 atom stereocenters. The Morgan fingerprint density at radius 1 is 1.39 bits per heavy atom. The lowest BCUT2D eigenvalue weighted by Crippen LogP contribution is -2.44. The number of para-hydroxylation sites is 1. The zero-order valence-corrected chi connectivity index (χ0v) is 12.9. The summed E-state index contributed by atoms with van der Waals surface area (Å²) in [6, 6.07) is 9.67. The Balaban J connectivity index is 1.68. The minimum absolute atomic E-state index is 0.0106. The highest BCUT2D eigenvalue weighted by Crippen LogP contribution is 2.27. The Bertz CT molecular complexity index is 818. The van der Waals surface area contributed by atoms with Gasteiger partial charge in [0.2, 0.25) is 0 Å². The first-order chi connectivity index (χ1) is 11.2. The number of hydrogen-bond acceptors (Lipinski definition) is 3. The molecule has 1 aliphatic rings. The lowest BCUT2D eigenvalue weighted by Gasteiger charge is -2.35. The van der Waals surface area contributed by atoms with Crippen molar-refractivity contribution in [2.75, 3.05) is 19.8 Å². The van der Waals surface area contributed by atoms with Crippen LogP contribution in [-0.4, -0.2) is 45.7 Å². The molecule has 0 unspecified atom stereocenters. The molecule has 0 radical (unpaired) electrons. The van der Waals surface area contributed by atoms with E-state index in [0.29, 0.717) is 25.5 Å². The van der Waals surface area contributed by atoms with Gasteiger partial charge in [-0.15, -0.1) is 0 Å². The number of morpholine rings is 1. The van der Waals surface area contributed by atoms with E-state index >= 15 is 0 Å². The average Bonchev–Trinajstić information content (AvgIpc) is 3.20. The molecule has 0 spiro atoms. The van der Waals surface area contributed by atoms with E-state index in [-0.39, 0.29) is 11.9 Å². The molecule has 1 fully saturated rings. The van der Waals surface area contributed by atoms with Crippen molar-refractivity contribution in [1.29, 1.82) is 0 Å². The largest absolute Gasteiger partial charge is 0.377 e. The molecule has 4 rings (SSSR count). The molecule has 23 heavy (non-hydrogen) atoms. The molecule has 1 aliphatic heterocycles. The van der Waals surface area contributed by atoms with E-state index in [2.05, 4.69) is 15.2 Å². The van der Waals surface area contributed by atoms with Crippen LogP contribution in [0.2, 0.25) is 0 Å². The van der Waals surface area contributed by atoms with Gasteiger partial charge in [0.05, 0.1) is 31.1 Å². The van der Waals surface area contributed by atoms with Gasteiger partial charge in [-0.2, -0.15) is 5.10 Å². The molecular weight excluding hydrogens is 292 g/mol. The summed E-state index contributed by atoms with van der Waals surface area (Å²) in [4.78, 5) is 18.1. The fourth-order valence-corrected chi connectivity index (χ4v) is 3.12. The quantitative estimate of drug-likeness (QED) is 0.763. The second-order valence-corrected chi connectivity index (χ2v) is 5.83. The summed E-state index contributed by atoms with van der Waals surface area (Å²) in [5.74, 6) is -0.0106. The van der Waals surface area contributed by atoms with E-state index in [1.54, 1.807) is 6.20 Å². The third-order valence-electron chi connectivity index (χ3n) is 4.35. The van der Waals surface area contributed by atoms with Crippen LogP contribution in [0.5, 0.6) is 0 Å². The van der Waals surface area contributed by atoms with Gasteiger partial charge in [0.1, 0.15) is 5.69 Å². The lowest BCUT2D eigenvalue weighted by atomic mass is 10.1. The number of nitrogens with zero attached hydrogens (tertiary/aromatic N) is 2. The normalized spacial score (nSPS) is 18.5. The van der Waals surface area contributed by atoms with Crippen LogP contribution >= 0.6 is 0 Å². The van der Waals surface area contributed by atoms with Gasteiger partial charge in [-0.25, -0.2) is 0 Å². The monoisotopic (exact) mass is 310 g/mol. The van der Waals surface area contributed by atoms with Crippen LogP contribution in [0.15, 0.2) is 36.5 Å². The highest BCUT2D eigenvalue weighted by Gasteiger charge is 2.32. The van der Waals surface area contributed by atoms with Crippen molar-refractivity contribution in [3.8, 4) is 0 Å². The second kappa shape index (κ2) is 5.55. The first-order valence-electron chi connectivity index (χ1n) is 7.70. The fraction of sp³-hybridized carbons (Fsp3) is 0.294. The Labute approximate surface area is 133 Å². The molecular formula is C17H18N4O2. The first kappa shape index (κ1) is 14.0. The maximum atomic E-state index is 13.0. The number of carbonyl (C=O) groups excluding carboxylic acids is 1. The van der Waals surface area contributed by atoms with Crippen molar-refractivity contribution in [2.24, 2.45) is 0 Å². The average molecular weight is 310 g/mol. The van der Waals surface area contributed by atoms with Crippen molar-refractivity contribution < 1.29 is 9.53 Å². The van der Waals surface area contributed by atoms with Crippen LogP contribution in [0.4, 0.5) is 0 Å². The summed E-state index contributed by atoms with van der Waals surface area (Å²) in [6.07, 6.45) is 1.77. The molecule has 6 heteroatoms. The minimum Gasteiger partial charge on any atom is -0.377 e. The SMILES string of the molecule is Cc1cn[nH]c1[C@H]1COCCN1C(=O)c1cc2ccccc2[nH]1. The highest BCUT2D eigenvalue weighted by molar-refractivity contribution is 5.98. The number of ether oxygens (including phenoxy) is 1. The predicted octanol–water partition coefficient (Wildman–Crippen LogP) is 2.41. The Kier molecular flexibility index (Phi) is 3.38. The van der Waals surface area contributed by atoms with Crippen molar-refractivity contribution in [2.45, 2.75) is 13.0 Å². The second-order valence-electron chi connectivity index (χ2n) is 5.83. The molecule has 0 saturated carbocycles. The number of carbonyl (C=O) groups is 1. The number of hydrogen-bond donors (Lipinski definition) is 2. The summed E-state index contributed by atoms with van der Waals surface area (Å²) in [5, 5.41) is 8.12. The third kappa shape index (κ3) is 2.41. The Morgan fingerprint density at radius 2 is 2.26 bits per heavy atom. The highest BCUT2D eigenvalue weighted by atomic mass is 16.5. The molecule has 118 valence electrons. The maximum absolute atomic E-state index is 13.0. The number of nitrogens with one attached hydrogen (secondary N) is 2. The molecule has 1 saturated heterocycles. The van der Waals surface area contributed by atoms with E-state index in [9.17, 15) is 4.79 Å². The zero-order valence-electron chi connectivity index (χ0n) is 12.9. The summed E-state index contributed by atoms with van der Waals surface area (Å²) in [7, 11) is 0. The van der Waals surface area contributed by atoms with Gasteiger partial charge < -0.3 is 14.6 Å². The van der Waals surface area contributed by atoms with Crippen molar-refractivity contribution in [1.82, 2.24) is 20.1 Å². The first-order valence-corrected chi connectivity index (χ1v) is 7.70. The molecule has 2 N–H and O–H groups in total. The Morgan fingerprint density at radius 3 is 3.04 bits per heavy atom. The number of aryl methyl sites for hydroxylation is 1. The molecule has 6 nitrogen and oxygen atoms in total. The van der Waals surface area contributed by atoms with Crippen LogP contribution in [0.3, 0.4) is 0 Å². The van der Waals surface area contributed by atoms with Crippen LogP contribution < -0.4 is 0 Å². The zero-order chi connectivity index (χ0) is 15.8. The maximum Gasteiger partial charge on any atom is 0.271 e. The van der Waals surface area contributed by atoms with Gasteiger partial charge in [-0.1, -0.05) is 18.2 Å². The molecule has 1 aromatic carbocycles. The Hall–Kier alpha value is -2.60. The van der Waals surface area contributed by atoms with E-state index in [1.165, 1.54) is 0 Å². The van der Waals surface area contributed by atoms with Gasteiger partial charge in [-0.3, -0.25) is 9.89 Å². The van der Waals surface area contributed by atoms with Crippen molar-refractivity contribution in [3.05, 3.63) is 53.5 Å². The molecule has 0 aliphatic carbocycles. The van der Waals surface area contributed by atoms with Gasteiger partial charge in [-0.05, 0) is 24.6 Å². The number of benzene rings is 1. The molecule has 1 amide bonds. The number of amides is 1. The lowest BCUT2D eigenvalue weighted by molar-refractivity contribution is -0.00433. The number of rotatable bonds is 2. The molecule has 3 aromatic rings. The van der Waals surface area contributed by atoms with Crippen LogP contribution in [0, 0.1) is 6.92 Å².